The first-order valence-corrected chi connectivity index (χ1v) is 5.10. The van der Waals surface area contributed by atoms with Gasteiger partial charge in [-0.05, 0) is 13.0 Å². The molecule has 0 saturated heterocycles. The van der Waals surface area contributed by atoms with Gasteiger partial charge in [-0.25, -0.2) is 4.98 Å². The Morgan fingerprint density at radius 3 is 2.62 bits per heavy atom. The third kappa shape index (κ3) is 3.44. The van der Waals surface area contributed by atoms with Crippen molar-refractivity contribution >= 4 is 0 Å². The monoisotopic (exact) mass is 226 g/mol. The van der Waals surface area contributed by atoms with Crippen molar-refractivity contribution in [1.82, 2.24) is 10.3 Å². The van der Waals surface area contributed by atoms with Gasteiger partial charge in [0.05, 0.1) is 31.6 Å². The maximum Gasteiger partial charge on any atom is 0.213 e. The zero-order valence-electron chi connectivity index (χ0n) is 9.60. The normalized spacial score (nSPS) is 11.5. The van der Waals surface area contributed by atoms with Gasteiger partial charge in [0.15, 0.2) is 0 Å². The number of nitrogens with zero attached hydrogens (tertiary/aromatic N) is 1. The van der Waals surface area contributed by atoms with Gasteiger partial charge in [-0.3, -0.25) is 0 Å². The van der Waals surface area contributed by atoms with Crippen molar-refractivity contribution in [2.45, 2.75) is 19.0 Å². The van der Waals surface area contributed by atoms with Gasteiger partial charge in [0, 0.05) is 12.6 Å². The number of nitrogens with one attached hydrogen (secondary N) is 1. The van der Waals surface area contributed by atoms with Crippen molar-refractivity contribution in [3.05, 3.63) is 23.9 Å². The molecule has 0 amide bonds. The molecule has 0 unspecified atom stereocenters. The predicted octanol–water partition coefficient (Wildman–Crippen LogP) is -0.0769. The average Bonchev–Trinajstić information content (AvgIpc) is 2.36. The van der Waals surface area contributed by atoms with E-state index in [1.54, 1.807) is 20.1 Å². The van der Waals surface area contributed by atoms with Crippen molar-refractivity contribution in [2.24, 2.45) is 0 Å². The summed E-state index contributed by atoms with van der Waals surface area (Å²) in [4.78, 5) is 4.21. The summed E-state index contributed by atoms with van der Waals surface area (Å²) in [5.74, 6) is 0.550. The van der Waals surface area contributed by atoms with E-state index in [-0.39, 0.29) is 13.2 Å². The molecule has 0 bridgehead atoms. The lowest BCUT2D eigenvalue weighted by molar-refractivity contribution is 0.103. The lowest BCUT2D eigenvalue weighted by Gasteiger charge is -2.26. The summed E-state index contributed by atoms with van der Waals surface area (Å²) in [6, 6.07) is 5.46. The van der Waals surface area contributed by atoms with Gasteiger partial charge in [0.2, 0.25) is 5.88 Å². The van der Waals surface area contributed by atoms with Crippen LogP contribution in [0.3, 0.4) is 0 Å². The minimum absolute atomic E-state index is 0.131. The first kappa shape index (κ1) is 12.9. The molecular weight excluding hydrogens is 208 g/mol. The van der Waals surface area contributed by atoms with Crippen LogP contribution in [0.5, 0.6) is 5.88 Å². The molecule has 0 atom stereocenters. The smallest absolute Gasteiger partial charge is 0.213 e. The number of aromatic nitrogens is 1. The van der Waals surface area contributed by atoms with Gasteiger partial charge in [0.25, 0.3) is 0 Å². The Morgan fingerprint density at radius 2 is 2.06 bits per heavy atom. The van der Waals surface area contributed by atoms with Crippen LogP contribution in [0.15, 0.2) is 18.2 Å². The molecule has 1 heterocycles. The van der Waals surface area contributed by atoms with E-state index in [0.29, 0.717) is 12.4 Å². The fraction of sp³-hybridized carbons (Fsp3) is 0.545. The van der Waals surface area contributed by atoms with Gasteiger partial charge in [-0.15, -0.1) is 0 Å². The van der Waals surface area contributed by atoms with Gasteiger partial charge in [0.1, 0.15) is 0 Å². The van der Waals surface area contributed by atoms with Crippen LogP contribution in [0.25, 0.3) is 0 Å². The molecule has 5 nitrogen and oxygen atoms in total. The molecule has 1 aromatic rings. The summed E-state index contributed by atoms with van der Waals surface area (Å²) in [5.41, 5.74) is 0.109. The van der Waals surface area contributed by atoms with Crippen molar-refractivity contribution in [3.8, 4) is 5.88 Å². The van der Waals surface area contributed by atoms with Gasteiger partial charge in [-0.2, -0.15) is 0 Å². The van der Waals surface area contributed by atoms with Crippen LogP contribution in [0, 0.1) is 0 Å². The first-order valence-electron chi connectivity index (χ1n) is 5.10. The van der Waals surface area contributed by atoms with E-state index < -0.39 is 5.54 Å². The Hall–Kier alpha value is -1.17. The van der Waals surface area contributed by atoms with Crippen molar-refractivity contribution in [2.75, 3.05) is 20.3 Å². The Kier molecular flexibility index (Phi) is 4.67. The summed E-state index contributed by atoms with van der Waals surface area (Å²) >= 11 is 0. The maximum atomic E-state index is 9.10. The molecule has 1 rings (SSSR count). The summed E-state index contributed by atoms with van der Waals surface area (Å²) in [6.45, 7) is 1.95. The second-order valence-corrected chi connectivity index (χ2v) is 3.90. The molecule has 0 spiro atoms. The Morgan fingerprint density at radius 1 is 1.38 bits per heavy atom. The summed E-state index contributed by atoms with van der Waals surface area (Å²) in [6.07, 6.45) is 0. The quantitative estimate of drug-likeness (QED) is 0.633. The van der Waals surface area contributed by atoms with Gasteiger partial charge >= 0.3 is 0 Å². The number of hydrogen-bond donors (Lipinski definition) is 3. The molecule has 0 saturated carbocycles. The molecule has 0 aliphatic heterocycles. The molecule has 0 aliphatic carbocycles. The van der Waals surface area contributed by atoms with Crippen LogP contribution >= 0.6 is 0 Å². The number of pyridine rings is 1. The first-order chi connectivity index (χ1) is 7.63. The third-order valence-electron chi connectivity index (χ3n) is 2.38. The van der Waals surface area contributed by atoms with Crippen LogP contribution in [0.1, 0.15) is 12.6 Å². The molecule has 0 aromatic carbocycles. The highest BCUT2D eigenvalue weighted by molar-refractivity contribution is 5.15. The minimum Gasteiger partial charge on any atom is -0.481 e. The van der Waals surface area contributed by atoms with E-state index in [1.807, 2.05) is 12.1 Å². The van der Waals surface area contributed by atoms with Crippen LogP contribution in [0.4, 0.5) is 0 Å². The Balaban J connectivity index is 2.60. The molecule has 1 aromatic heterocycles. The largest absolute Gasteiger partial charge is 0.481 e. The highest BCUT2D eigenvalue weighted by Crippen LogP contribution is 2.08. The van der Waals surface area contributed by atoms with Crippen LogP contribution in [-0.2, 0) is 6.54 Å². The van der Waals surface area contributed by atoms with E-state index >= 15 is 0 Å². The number of aliphatic hydroxyl groups is 2. The molecule has 3 N–H and O–H groups in total. The molecule has 90 valence electrons. The lowest BCUT2D eigenvalue weighted by atomic mass is 10.1. The van der Waals surface area contributed by atoms with Crippen LogP contribution in [0.2, 0.25) is 0 Å². The van der Waals surface area contributed by atoms with E-state index in [4.69, 9.17) is 14.9 Å². The molecule has 16 heavy (non-hydrogen) atoms. The topological polar surface area (TPSA) is 74.6 Å². The number of rotatable bonds is 6. The van der Waals surface area contributed by atoms with E-state index in [1.165, 1.54) is 0 Å². The maximum absolute atomic E-state index is 9.10. The van der Waals surface area contributed by atoms with Crippen molar-refractivity contribution < 1.29 is 14.9 Å². The van der Waals surface area contributed by atoms with Gasteiger partial charge < -0.3 is 20.3 Å². The zero-order valence-corrected chi connectivity index (χ0v) is 9.60. The highest BCUT2D eigenvalue weighted by atomic mass is 16.5. The second-order valence-electron chi connectivity index (χ2n) is 3.90. The van der Waals surface area contributed by atoms with Gasteiger partial charge in [-0.1, -0.05) is 6.07 Å². The average molecular weight is 226 g/mol. The number of hydrogen-bond acceptors (Lipinski definition) is 5. The number of aliphatic hydroxyl groups excluding tert-OH is 2. The molecule has 0 radical (unpaired) electrons. The van der Waals surface area contributed by atoms with E-state index in [2.05, 4.69) is 10.3 Å². The summed E-state index contributed by atoms with van der Waals surface area (Å²) < 4.78 is 5.00. The SMILES string of the molecule is COc1cccc(CNC(C)(CO)CO)n1. The summed E-state index contributed by atoms with van der Waals surface area (Å²) in [7, 11) is 1.56. The zero-order chi connectivity index (χ0) is 12.0. The van der Waals surface area contributed by atoms with E-state index in [9.17, 15) is 0 Å². The molecular formula is C11H18N2O3. The fourth-order valence-electron chi connectivity index (χ4n) is 1.14. The standard InChI is InChI=1S/C11H18N2O3/c1-11(7-14,8-15)12-6-9-4-3-5-10(13-9)16-2/h3-5,12,14-15H,6-8H2,1-2H3. The van der Waals surface area contributed by atoms with E-state index in [0.717, 1.165) is 5.69 Å². The van der Waals surface area contributed by atoms with Crippen molar-refractivity contribution in [3.63, 3.8) is 0 Å². The van der Waals surface area contributed by atoms with Crippen molar-refractivity contribution in [1.29, 1.82) is 0 Å². The van der Waals surface area contributed by atoms with Crippen LogP contribution < -0.4 is 10.1 Å². The van der Waals surface area contributed by atoms with Crippen LogP contribution in [-0.4, -0.2) is 41.1 Å². The number of ether oxygens (including phenoxy) is 1. The predicted molar refractivity (Wildman–Crippen MR) is 60.2 cm³/mol. The lowest BCUT2D eigenvalue weighted by Crippen LogP contribution is -2.48. The summed E-state index contributed by atoms with van der Waals surface area (Å²) in [5, 5.41) is 21.2. The third-order valence-corrected chi connectivity index (χ3v) is 2.38. The Labute approximate surface area is 95.1 Å². The molecule has 0 aliphatic rings. The molecule has 0 fully saturated rings. The highest BCUT2D eigenvalue weighted by Gasteiger charge is 2.21. The second kappa shape index (κ2) is 5.79. The minimum atomic E-state index is -0.690. The number of methoxy groups -OCH3 is 1. The Bertz CT molecular complexity index is 327. The molecule has 5 heteroatoms. The fourth-order valence-corrected chi connectivity index (χ4v) is 1.14.